The van der Waals surface area contributed by atoms with E-state index in [0.717, 1.165) is 16.6 Å². The van der Waals surface area contributed by atoms with Gasteiger partial charge in [0.25, 0.3) is 5.91 Å². The maximum absolute atomic E-state index is 12.8. The number of nitrogens with zero attached hydrogens (tertiary/aromatic N) is 3. The van der Waals surface area contributed by atoms with Crippen molar-refractivity contribution in [3.8, 4) is 11.5 Å². The van der Waals surface area contributed by atoms with Gasteiger partial charge in [0.15, 0.2) is 11.5 Å². The third kappa shape index (κ3) is 3.35. The number of rotatable bonds is 6. The van der Waals surface area contributed by atoms with Crippen molar-refractivity contribution in [2.75, 3.05) is 20.8 Å². The van der Waals surface area contributed by atoms with Crippen molar-refractivity contribution in [1.82, 2.24) is 14.5 Å². The first kappa shape index (κ1) is 17.8. The fourth-order valence-corrected chi connectivity index (χ4v) is 2.97. The Balaban J connectivity index is 1.84. The lowest BCUT2D eigenvalue weighted by atomic mass is 10.1. The van der Waals surface area contributed by atoms with Crippen LogP contribution in [0.15, 0.2) is 42.7 Å². The largest absolute Gasteiger partial charge is 0.493 e. The summed E-state index contributed by atoms with van der Waals surface area (Å²) in [5.74, 6) is 1.28. The molecule has 0 fully saturated rings. The highest BCUT2D eigenvalue weighted by molar-refractivity contribution is 5.97. The van der Waals surface area contributed by atoms with E-state index in [0.29, 0.717) is 30.2 Å². The standard InChI is InChI=1S/C20H23N3O3/c1-5-26-19-15(7-6-8-18(19)25-4)12-22(2)20(24)14-9-10-17-16(11-14)21-13-23(17)3/h6-11,13H,5,12H2,1-4H3. The molecular weight excluding hydrogens is 330 g/mol. The smallest absolute Gasteiger partial charge is 0.253 e. The van der Waals surface area contributed by atoms with Crippen LogP contribution in [-0.4, -0.2) is 41.1 Å². The quantitative estimate of drug-likeness (QED) is 0.683. The van der Waals surface area contributed by atoms with Crippen molar-refractivity contribution in [2.24, 2.45) is 7.05 Å². The number of carbonyl (C=O) groups excluding carboxylic acids is 1. The van der Waals surface area contributed by atoms with Crippen LogP contribution >= 0.6 is 0 Å². The summed E-state index contributed by atoms with van der Waals surface area (Å²) in [6.45, 7) is 2.88. The van der Waals surface area contributed by atoms with Crippen LogP contribution in [0, 0.1) is 0 Å². The van der Waals surface area contributed by atoms with E-state index in [1.54, 1.807) is 25.4 Å². The van der Waals surface area contributed by atoms with Crippen LogP contribution in [0.3, 0.4) is 0 Å². The van der Waals surface area contributed by atoms with E-state index in [1.807, 2.05) is 54.9 Å². The Hall–Kier alpha value is -3.02. The number of para-hydroxylation sites is 1. The molecule has 0 bridgehead atoms. The summed E-state index contributed by atoms with van der Waals surface area (Å²) in [6, 6.07) is 11.3. The van der Waals surface area contributed by atoms with Gasteiger partial charge in [0, 0.05) is 31.8 Å². The van der Waals surface area contributed by atoms with Crippen LogP contribution < -0.4 is 9.47 Å². The Bertz CT molecular complexity index is 933. The molecule has 6 nitrogen and oxygen atoms in total. The van der Waals surface area contributed by atoms with Crippen molar-refractivity contribution >= 4 is 16.9 Å². The highest BCUT2D eigenvalue weighted by Crippen LogP contribution is 2.32. The first-order chi connectivity index (χ1) is 12.5. The Morgan fingerprint density at radius 2 is 2.08 bits per heavy atom. The number of aromatic nitrogens is 2. The molecule has 2 aromatic carbocycles. The van der Waals surface area contributed by atoms with E-state index in [2.05, 4.69) is 4.98 Å². The van der Waals surface area contributed by atoms with Gasteiger partial charge in [0.1, 0.15) is 0 Å². The van der Waals surface area contributed by atoms with Crippen LogP contribution in [-0.2, 0) is 13.6 Å². The molecule has 0 saturated heterocycles. The lowest BCUT2D eigenvalue weighted by molar-refractivity contribution is 0.0784. The summed E-state index contributed by atoms with van der Waals surface area (Å²) in [5, 5.41) is 0. The van der Waals surface area contributed by atoms with E-state index in [9.17, 15) is 4.79 Å². The minimum atomic E-state index is -0.0668. The van der Waals surface area contributed by atoms with E-state index < -0.39 is 0 Å². The summed E-state index contributed by atoms with van der Waals surface area (Å²) in [5.41, 5.74) is 3.32. The minimum absolute atomic E-state index is 0.0668. The Kier molecular flexibility index (Phi) is 5.11. The molecule has 0 N–H and O–H groups in total. The number of hydrogen-bond acceptors (Lipinski definition) is 4. The summed E-state index contributed by atoms with van der Waals surface area (Å²) >= 11 is 0. The number of aryl methyl sites for hydroxylation is 1. The molecule has 1 aromatic heterocycles. The number of benzene rings is 2. The normalized spacial score (nSPS) is 10.8. The maximum atomic E-state index is 12.8. The summed E-state index contributed by atoms with van der Waals surface area (Å²) < 4.78 is 13.0. The van der Waals surface area contributed by atoms with E-state index in [-0.39, 0.29) is 5.91 Å². The molecule has 0 aliphatic heterocycles. The summed E-state index contributed by atoms with van der Waals surface area (Å²) in [6.07, 6.45) is 1.74. The molecule has 1 amide bonds. The van der Waals surface area contributed by atoms with Gasteiger partial charge in [-0.2, -0.15) is 0 Å². The molecule has 0 unspecified atom stereocenters. The Morgan fingerprint density at radius 1 is 1.27 bits per heavy atom. The first-order valence-corrected chi connectivity index (χ1v) is 8.50. The lowest BCUT2D eigenvalue weighted by Gasteiger charge is -2.20. The number of carbonyl (C=O) groups is 1. The maximum Gasteiger partial charge on any atom is 0.253 e. The van der Waals surface area contributed by atoms with Gasteiger partial charge in [-0.3, -0.25) is 4.79 Å². The second kappa shape index (κ2) is 7.47. The predicted molar refractivity (Wildman–Crippen MR) is 101 cm³/mol. The molecule has 0 radical (unpaired) electrons. The summed E-state index contributed by atoms with van der Waals surface area (Å²) in [4.78, 5) is 18.8. The van der Waals surface area contributed by atoms with Crippen LogP contribution in [0.2, 0.25) is 0 Å². The number of fused-ring (bicyclic) bond motifs is 1. The van der Waals surface area contributed by atoms with Gasteiger partial charge in [-0.25, -0.2) is 4.98 Å². The van der Waals surface area contributed by atoms with Crippen LogP contribution in [0.4, 0.5) is 0 Å². The van der Waals surface area contributed by atoms with E-state index in [4.69, 9.17) is 9.47 Å². The van der Waals surface area contributed by atoms with Gasteiger partial charge < -0.3 is 18.9 Å². The second-order valence-electron chi connectivity index (χ2n) is 6.10. The van der Waals surface area contributed by atoms with Crippen molar-refractivity contribution in [2.45, 2.75) is 13.5 Å². The zero-order chi connectivity index (χ0) is 18.7. The van der Waals surface area contributed by atoms with E-state index >= 15 is 0 Å². The molecule has 0 aliphatic rings. The molecular formula is C20H23N3O3. The molecule has 136 valence electrons. The molecule has 0 spiro atoms. The zero-order valence-corrected chi connectivity index (χ0v) is 15.5. The van der Waals surface area contributed by atoms with Crippen LogP contribution in [0.25, 0.3) is 11.0 Å². The SMILES string of the molecule is CCOc1c(CN(C)C(=O)c2ccc3c(c2)ncn3C)cccc1OC. The first-order valence-electron chi connectivity index (χ1n) is 8.50. The van der Waals surface area contributed by atoms with Crippen LogP contribution in [0.5, 0.6) is 11.5 Å². The Morgan fingerprint density at radius 3 is 2.81 bits per heavy atom. The third-order valence-corrected chi connectivity index (χ3v) is 4.30. The average Bonchev–Trinajstić information content (AvgIpc) is 3.03. The monoisotopic (exact) mass is 353 g/mol. The highest BCUT2D eigenvalue weighted by Gasteiger charge is 2.17. The number of imidazole rings is 1. The molecule has 1 heterocycles. The zero-order valence-electron chi connectivity index (χ0n) is 15.5. The van der Waals surface area contributed by atoms with Crippen molar-refractivity contribution in [3.05, 3.63) is 53.9 Å². The van der Waals surface area contributed by atoms with Gasteiger partial charge in [-0.05, 0) is 31.2 Å². The van der Waals surface area contributed by atoms with Gasteiger partial charge in [0.05, 0.1) is 31.1 Å². The molecule has 6 heteroatoms. The van der Waals surface area contributed by atoms with Gasteiger partial charge in [0.2, 0.25) is 0 Å². The molecule has 3 aromatic rings. The predicted octanol–water partition coefficient (Wildman–Crippen LogP) is 3.25. The van der Waals surface area contributed by atoms with Gasteiger partial charge in [-0.15, -0.1) is 0 Å². The van der Waals surface area contributed by atoms with Crippen molar-refractivity contribution in [3.63, 3.8) is 0 Å². The molecule has 0 aliphatic carbocycles. The fourth-order valence-electron chi connectivity index (χ4n) is 2.97. The average molecular weight is 353 g/mol. The highest BCUT2D eigenvalue weighted by atomic mass is 16.5. The number of methoxy groups -OCH3 is 1. The van der Waals surface area contributed by atoms with Crippen molar-refractivity contribution < 1.29 is 14.3 Å². The molecule has 3 rings (SSSR count). The van der Waals surface area contributed by atoms with Crippen molar-refractivity contribution in [1.29, 1.82) is 0 Å². The molecule has 0 atom stereocenters. The van der Waals surface area contributed by atoms with Gasteiger partial charge >= 0.3 is 0 Å². The number of amides is 1. The minimum Gasteiger partial charge on any atom is -0.493 e. The number of ether oxygens (including phenoxy) is 2. The summed E-state index contributed by atoms with van der Waals surface area (Å²) in [7, 11) is 5.32. The van der Waals surface area contributed by atoms with Gasteiger partial charge in [-0.1, -0.05) is 12.1 Å². The topological polar surface area (TPSA) is 56.6 Å². The lowest BCUT2D eigenvalue weighted by Crippen LogP contribution is -2.26. The Labute approximate surface area is 153 Å². The third-order valence-electron chi connectivity index (χ3n) is 4.30. The fraction of sp³-hybridized carbons (Fsp3) is 0.300. The molecule has 26 heavy (non-hydrogen) atoms. The van der Waals surface area contributed by atoms with E-state index in [1.165, 1.54) is 0 Å². The number of hydrogen-bond donors (Lipinski definition) is 0. The molecule has 0 saturated carbocycles. The second-order valence-corrected chi connectivity index (χ2v) is 6.10. The van der Waals surface area contributed by atoms with Crippen LogP contribution in [0.1, 0.15) is 22.8 Å².